The Kier molecular flexibility index (Phi) is 3.49. The van der Waals surface area contributed by atoms with Crippen LogP contribution < -0.4 is 5.32 Å². The zero-order chi connectivity index (χ0) is 16.8. The molecule has 3 heterocycles. The van der Waals surface area contributed by atoms with E-state index in [0.29, 0.717) is 28.7 Å². The molecule has 24 heavy (non-hydrogen) atoms. The fraction of sp³-hybridized carbons (Fsp3) is 0.500. The van der Waals surface area contributed by atoms with Crippen LogP contribution in [0.2, 0.25) is 0 Å². The van der Waals surface area contributed by atoms with Gasteiger partial charge in [-0.1, -0.05) is 0 Å². The number of carbonyl (C=O) groups is 1. The summed E-state index contributed by atoms with van der Waals surface area (Å²) in [5, 5.41) is 21.3. The number of benzene rings is 1. The Balaban J connectivity index is 1.53. The number of nitro benzene ring substituents is 1. The van der Waals surface area contributed by atoms with Gasteiger partial charge in [0.05, 0.1) is 10.4 Å². The van der Waals surface area contributed by atoms with Crippen LogP contribution >= 0.6 is 0 Å². The summed E-state index contributed by atoms with van der Waals surface area (Å²) < 4.78 is 0. The minimum atomic E-state index is -0.464. The first-order valence-electron chi connectivity index (χ1n) is 8.18. The smallest absolute Gasteiger partial charge is 0.272 e. The van der Waals surface area contributed by atoms with Crippen molar-refractivity contribution in [3.05, 3.63) is 34.0 Å². The molecule has 2 bridgehead atoms. The monoisotopic (exact) mass is 329 g/mol. The Bertz CT molecular complexity index is 803. The lowest BCUT2D eigenvalue weighted by atomic mass is 9.98. The average Bonchev–Trinajstić information content (AvgIpc) is 3.05. The number of piperidine rings is 1. The summed E-state index contributed by atoms with van der Waals surface area (Å²) in [6.45, 7) is 0. The molecule has 1 unspecified atom stereocenters. The van der Waals surface area contributed by atoms with Gasteiger partial charge >= 0.3 is 0 Å². The van der Waals surface area contributed by atoms with Crippen LogP contribution in [0.5, 0.6) is 0 Å². The van der Waals surface area contributed by atoms with Crippen LogP contribution in [0.3, 0.4) is 0 Å². The Hall–Kier alpha value is -2.48. The molecule has 0 aliphatic carbocycles. The molecule has 8 heteroatoms. The second-order valence-corrected chi connectivity index (χ2v) is 6.75. The maximum Gasteiger partial charge on any atom is 0.272 e. The number of nitro groups is 1. The number of aromatic nitrogens is 2. The number of carbonyl (C=O) groups excluding carboxylic acids is 1. The van der Waals surface area contributed by atoms with Crippen molar-refractivity contribution in [1.29, 1.82) is 0 Å². The fourth-order valence-electron chi connectivity index (χ4n) is 4.08. The molecule has 2 fully saturated rings. The molecule has 2 aliphatic heterocycles. The first kappa shape index (κ1) is 15.1. The van der Waals surface area contributed by atoms with Crippen molar-refractivity contribution in [2.24, 2.45) is 0 Å². The molecule has 2 saturated heterocycles. The Morgan fingerprint density at radius 3 is 2.75 bits per heavy atom. The second kappa shape index (κ2) is 5.55. The summed E-state index contributed by atoms with van der Waals surface area (Å²) in [5.74, 6) is -0.218. The molecule has 1 amide bonds. The van der Waals surface area contributed by atoms with Gasteiger partial charge in [0.25, 0.3) is 11.6 Å². The largest absolute Gasteiger partial charge is 0.348 e. The van der Waals surface area contributed by atoms with Crippen LogP contribution in [0, 0.1) is 10.1 Å². The van der Waals surface area contributed by atoms with Crippen LogP contribution in [0.1, 0.15) is 36.2 Å². The number of aromatic amines is 1. The highest BCUT2D eigenvalue weighted by Crippen LogP contribution is 2.34. The van der Waals surface area contributed by atoms with Gasteiger partial charge in [-0.15, -0.1) is 0 Å². The summed E-state index contributed by atoms with van der Waals surface area (Å²) in [4.78, 5) is 25.4. The molecule has 8 nitrogen and oxygen atoms in total. The molecule has 0 saturated carbocycles. The van der Waals surface area contributed by atoms with Crippen LogP contribution in [-0.2, 0) is 0 Å². The summed E-state index contributed by atoms with van der Waals surface area (Å²) in [7, 11) is 2.16. The van der Waals surface area contributed by atoms with Gasteiger partial charge in [0.15, 0.2) is 5.69 Å². The third-order valence-corrected chi connectivity index (χ3v) is 5.41. The summed E-state index contributed by atoms with van der Waals surface area (Å²) >= 11 is 0. The van der Waals surface area contributed by atoms with Gasteiger partial charge in [0.1, 0.15) is 0 Å². The number of amides is 1. The summed E-state index contributed by atoms with van der Waals surface area (Å²) in [6, 6.07) is 5.63. The zero-order valence-corrected chi connectivity index (χ0v) is 13.4. The number of hydrogen-bond donors (Lipinski definition) is 2. The highest BCUT2D eigenvalue weighted by Gasteiger charge is 2.39. The molecule has 1 aromatic heterocycles. The lowest BCUT2D eigenvalue weighted by molar-refractivity contribution is -0.384. The van der Waals surface area contributed by atoms with E-state index < -0.39 is 4.92 Å². The number of rotatable bonds is 3. The zero-order valence-electron chi connectivity index (χ0n) is 13.4. The Morgan fingerprint density at radius 2 is 2.08 bits per heavy atom. The highest BCUT2D eigenvalue weighted by atomic mass is 16.6. The molecule has 4 rings (SSSR count). The number of hydrogen-bond acceptors (Lipinski definition) is 5. The molecule has 2 aromatic rings. The van der Waals surface area contributed by atoms with Crippen molar-refractivity contribution < 1.29 is 9.72 Å². The van der Waals surface area contributed by atoms with E-state index in [9.17, 15) is 14.9 Å². The molecular formula is C16H19N5O3. The van der Waals surface area contributed by atoms with Crippen molar-refractivity contribution in [1.82, 2.24) is 20.4 Å². The molecular weight excluding hydrogens is 310 g/mol. The van der Waals surface area contributed by atoms with E-state index in [1.54, 1.807) is 6.07 Å². The van der Waals surface area contributed by atoms with Gasteiger partial charge in [-0.05, 0) is 38.8 Å². The van der Waals surface area contributed by atoms with Crippen molar-refractivity contribution in [2.45, 2.75) is 43.8 Å². The maximum absolute atomic E-state index is 12.6. The number of nitrogens with zero attached hydrogens (tertiary/aromatic N) is 3. The number of non-ortho nitro benzene ring substituents is 1. The van der Waals surface area contributed by atoms with E-state index in [2.05, 4.69) is 27.5 Å². The van der Waals surface area contributed by atoms with E-state index in [4.69, 9.17) is 0 Å². The van der Waals surface area contributed by atoms with E-state index in [1.165, 1.54) is 25.0 Å². The SMILES string of the molecule is CN1[C@@H]2CC[C@H]1CC(NC(=O)c1n[nH]c3cc([N+](=O)[O-])ccc13)C2. The van der Waals surface area contributed by atoms with Gasteiger partial charge in [0, 0.05) is 35.6 Å². The molecule has 0 radical (unpaired) electrons. The summed E-state index contributed by atoms with van der Waals surface area (Å²) in [6.07, 6.45) is 4.32. The normalized spacial score (nSPS) is 26.6. The third-order valence-electron chi connectivity index (χ3n) is 5.41. The number of nitrogens with one attached hydrogen (secondary N) is 2. The molecule has 1 aromatic carbocycles. The summed E-state index contributed by atoms with van der Waals surface area (Å²) in [5.41, 5.74) is 0.772. The standard InChI is InChI=1S/C16H19N5O3/c1-20-10-2-3-11(20)7-9(6-10)17-16(22)15-13-5-4-12(21(23)24)8-14(13)18-19-15/h4-5,8-11H,2-3,6-7H2,1H3,(H,17,22)(H,18,19)/t9?,10-,11+. The van der Waals surface area contributed by atoms with Crippen molar-refractivity contribution in [3.63, 3.8) is 0 Å². The quantitative estimate of drug-likeness (QED) is 0.660. The predicted octanol–water partition coefficient (Wildman–Crippen LogP) is 1.83. The Morgan fingerprint density at radius 1 is 1.38 bits per heavy atom. The van der Waals surface area contributed by atoms with Gasteiger partial charge in [-0.25, -0.2) is 0 Å². The highest BCUT2D eigenvalue weighted by molar-refractivity contribution is 6.05. The topological polar surface area (TPSA) is 104 Å². The van der Waals surface area contributed by atoms with Crippen molar-refractivity contribution >= 4 is 22.5 Å². The predicted molar refractivity (Wildman–Crippen MR) is 87.8 cm³/mol. The van der Waals surface area contributed by atoms with E-state index >= 15 is 0 Å². The van der Waals surface area contributed by atoms with Crippen LogP contribution in [0.25, 0.3) is 10.9 Å². The molecule has 0 spiro atoms. The van der Waals surface area contributed by atoms with Gasteiger partial charge < -0.3 is 10.2 Å². The minimum Gasteiger partial charge on any atom is -0.348 e. The van der Waals surface area contributed by atoms with Gasteiger partial charge in [0.2, 0.25) is 0 Å². The molecule has 3 atom stereocenters. The van der Waals surface area contributed by atoms with E-state index in [0.717, 1.165) is 12.8 Å². The second-order valence-electron chi connectivity index (χ2n) is 6.75. The van der Waals surface area contributed by atoms with Crippen LogP contribution in [-0.4, -0.2) is 51.1 Å². The lowest BCUT2D eigenvalue weighted by Gasteiger charge is -2.36. The fourth-order valence-corrected chi connectivity index (χ4v) is 4.08. The average molecular weight is 329 g/mol. The van der Waals surface area contributed by atoms with E-state index in [1.807, 2.05) is 0 Å². The van der Waals surface area contributed by atoms with Crippen LogP contribution in [0.15, 0.2) is 18.2 Å². The molecule has 126 valence electrons. The first-order chi connectivity index (χ1) is 11.5. The van der Waals surface area contributed by atoms with Crippen LogP contribution in [0.4, 0.5) is 5.69 Å². The lowest BCUT2D eigenvalue weighted by Crippen LogP contribution is -2.48. The Labute approximate surface area is 138 Å². The third kappa shape index (κ3) is 2.43. The number of H-pyrrole nitrogens is 1. The van der Waals surface area contributed by atoms with E-state index in [-0.39, 0.29) is 17.6 Å². The molecule has 2 N–H and O–H groups in total. The van der Waals surface area contributed by atoms with Gasteiger partial charge in [-0.2, -0.15) is 5.10 Å². The minimum absolute atomic E-state index is 0.0231. The number of fused-ring (bicyclic) bond motifs is 3. The van der Waals surface area contributed by atoms with Gasteiger partial charge in [-0.3, -0.25) is 20.0 Å². The first-order valence-corrected chi connectivity index (χ1v) is 8.18. The molecule has 2 aliphatic rings. The van der Waals surface area contributed by atoms with Crippen molar-refractivity contribution in [2.75, 3.05) is 7.05 Å². The van der Waals surface area contributed by atoms with Crippen molar-refractivity contribution in [3.8, 4) is 0 Å². The maximum atomic E-state index is 12.6.